The van der Waals surface area contributed by atoms with Crippen molar-refractivity contribution < 1.29 is 32.8 Å². The van der Waals surface area contributed by atoms with Crippen LogP contribution in [-0.4, -0.2) is 44.1 Å². The number of pyridine rings is 2. The Labute approximate surface area is 283 Å². The number of nitrogens with two attached hydrogens (primary N) is 2. The topological polar surface area (TPSA) is 274 Å². The lowest BCUT2D eigenvalue weighted by atomic mass is 10.0. The van der Waals surface area contributed by atoms with Crippen LogP contribution >= 0.6 is 12.6 Å². The normalized spacial score (nSPS) is 11.9. The van der Waals surface area contributed by atoms with Gasteiger partial charge in [-0.05, 0) is 57.5 Å². The number of benzene rings is 2. The Morgan fingerprint density at radius 2 is 1.16 bits per heavy atom. The number of amides is 2. The largest absolute Gasteiger partial charge is 0.493 e. The zero-order chi connectivity index (χ0) is 36.5. The number of hydrogen-bond donors (Lipinski definition) is 6. The molecule has 2 amide bonds. The first-order valence-electron chi connectivity index (χ1n) is 14.2. The van der Waals surface area contributed by atoms with E-state index in [0.717, 1.165) is 15.2 Å². The van der Waals surface area contributed by atoms with Crippen molar-refractivity contribution in [2.24, 2.45) is 31.9 Å². The number of hydrogen-bond acceptors (Lipinski definition) is 13. The third kappa shape index (κ3) is 6.84. The molecule has 0 atom stereocenters. The summed E-state index contributed by atoms with van der Waals surface area (Å²) in [6, 6.07) is 7.97. The van der Waals surface area contributed by atoms with E-state index in [4.69, 9.17) is 11.5 Å². The van der Waals surface area contributed by atoms with Gasteiger partial charge in [0.05, 0.1) is 11.4 Å². The molecule has 4 rings (SSSR count). The van der Waals surface area contributed by atoms with E-state index in [1.54, 1.807) is 13.8 Å². The Balaban J connectivity index is 1.77. The summed E-state index contributed by atoms with van der Waals surface area (Å²) in [4.78, 5) is 48.6. The SMILES string of the molecule is CCn1c(O)c(N=Nc2ccc(-c3ccc(N=Nc4c(C)c(C(N)=O)c(=O)n(CC)c4O)cc3S(=O)(=O)O)c(S)c2)c(C)c(C(N)=O)c1=O. The van der Waals surface area contributed by atoms with Gasteiger partial charge >= 0.3 is 0 Å². The molecule has 0 fully saturated rings. The predicted octanol–water partition coefficient (Wildman–Crippen LogP) is 4.31. The summed E-state index contributed by atoms with van der Waals surface area (Å²) in [6.45, 7) is 5.84. The third-order valence-corrected chi connectivity index (χ3v) is 8.75. The number of aromatic hydroxyl groups is 2. The number of rotatable bonds is 10. The smallest absolute Gasteiger partial charge is 0.295 e. The van der Waals surface area contributed by atoms with Gasteiger partial charge in [-0.15, -0.1) is 22.9 Å². The molecule has 256 valence electrons. The third-order valence-electron chi connectivity index (χ3n) is 7.48. The fourth-order valence-corrected chi connectivity index (χ4v) is 6.10. The minimum Gasteiger partial charge on any atom is -0.493 e. The number of nitrogens with zero attached hydrogens (tertiary/aromatic N) is 6. The van der Waals surface area contributed by atoms with Crippen LogP contribution in [0.4, 0.5) is 22.7 Å². The summed E-state index contributed by atoms with van der Waals surface area (Å²) in [6.07, 6.45) is 0. The zero-order valence-electron chi connectivity index (χ0n) is 26.4. The second kappa shape index (κ2) is 13.8. The van der Waals surface area contributed by atoms with E-state index in [1.165, 1.54) is 44.2 Å². The predicted molar refractivity (Wildman–Crippen MR) is 180 cm³/mol. The molecule has 49 heavy (non-hydrogen) atoms. The monoisotopic (exact) mass is 710 g/mol. The highest BCUT2D eigenvalue weighted by molar-refractivity contribution is 7.86. The maximum absolute atomic E-state index is 12.6. The van der Waals surface area contributed by atoms with E-state index in [2.05, 4.69) is 33.1 Å². The number of aromatic nitrogens is 2. The van der Waals surface area contributed by atoms with Crippen molar-refractivity contribution in [3.63, 3.8) is 0 Å². The summed E-state index contributed by atoms with van der Waals surface area (Å²) in [5, 5.41) is 37.2. The molecule has 7 N–H and O–H groups in total. The lowest BCUT2D eigenvalue weighted by molar-refractivity contribution is 0.0989. The molecule has 4 aromatic rings. The van der Waals surface area contributed by atoms with Gasteiger partial charge in [-0.3, -0.25) is 32.9 Å². The van der Waals surface area contributed by atoms with Gasteiger partial charge in [0.1, 0.15) is 27.4 Å². The number of primary amides is 2. The van der Waals surface area contributed by atoms with Gasteiger partial charge in [-0.25, -0.2) is 0 Å². The van der Waals surface area contributed by atoms with E-state index in [1.807, 2.05) is 0 Å². The molecular weight excluding hydrogens is 681 g/mol. The molecule has 0 unspecified atom stereocenters. The van der Waals surface area contributed by atoms with Crippen LogP contribution in [0.3, 0.4) is 0 Å². The molecule has 0 aliphatic carbocycles. The maximum Gasteiger partial charge on any atom is 0.295 e. The molecule has 0 saturated carbocycles. The van der Waals surface area contributed by atoms with Gasteiger partial charge in [-0.2, -0.15) is 18.6 Å². The van der Waals surface area contributed by atoms with E-state index in [9.17, 15) is 42.4 Å². The number of thiol groups is 1. The molecule has 2 aromatic carbocycles. The van der Waals surface area contributed by atoms with Crippen LogP contribution in [0, 0.1) is 13.8 Å². The Hall–Kier alpha value is -5.66. The highest BCUT2D eigenvalue weighted by Crippen LogP contribution is 2.38. The maximum atomic E-state index is 12.6. The molecule has 19 heteroatoms. The van der Waals surface area contributed by atoms with Crippen LogP contribution in [-0.2, 0) is 23.2 Å². The number of carbonyl (C=O) groups is 2. The van der Waals surface area contributed by atoms with Gasteiger partial charge in [-0.1, -0.05) is 12.1 Å². The van der Waals surface area contributed by atoms with E-state index in [-0.39, 0.29) is 68.6 Å². The summed E-state index contributed by atoms with van der Waals surface area (Å²) in [7, 11) is -4.87. The standard InChI is InChI=1S/C30H30N8O9S2/c1-5-37-27(41)21(25(31)39)13(3)23(29(37)43)35-33-15-7-9-17(19(48)11-15)18-10-8-16(12-20(18)49(45,46)47)34-36-24-14(4)22(26(32)40)28(42)38(6-2)30(24)44/h7-12,43-44,48H,5-6H2,1-4H3,(H2,31,39)(H2,32,40)(H,45,46,47). The minimum absolute atomic E-state index is 0.0131. The lowest BCUT2D eigenvalue weighted by Gasteiger charge is -2.13. The van der Waals surface area contributed by atoms with Crippen molar-refractivity contribution in [3.8, 4) is 22.9 Å². The minimum atomic E-state index is -4.87. The molecule has 17 nitrogen and oxygen atoms in total. The zero-order valence-corrected chi connectivity index (χ0v) is 28.1. The van der Waals surface area contributed by atoms with Crippen LogP contribution < -0.4 is 22.6 Å². The van der Waals surface area contributed by atoms with E-state index < -0.39 is 55.3 Å². The second-order valence-electron chi connectivity index (χ2n) is 10.4. The molecule has 0 aliphatic rings. The first-order valence-corrected chi connectivity index (χ1v) is 16.1. The highest BCUT2D eigenvalue weighted by Gasteiger charge is 2.24. The number of azo groups is 2. The lowest BCUT2D eigenvalue weighted by Crippen LogP contribution is -2.30. The molecule has 0 bridgehead atoms. The van der Waals surface area contributed by atoms with Crippen LogP contribution in [0.25, 0.3) is 11.1 Å². The Bertz CT molecular complexity index is 2350. The fourth-order valence-electron chi connectivity index (χ4n) is 5.05. The second-order valence-corrected chi connectivity index (χ2v) is 12.3. The van der Waals surface area contributed by atoms with Gasteiger partial charge in [0.25, 0.3) is 33.1 Å². The number of carbonyl (C=O) groups excluding carboxylic acids is 2. The van der Waals surface area contributed by atoms with E-state index >= 15 is 0 Å². The van der Waals surface area contributed by atoms with Crippen LogP contribution in [0.1, 0.15) is 45.7 Å². The van der Waals surface area contributed by atoms with Gasteiger partial charge in [0.15, 0.2) is 0 Å². The molecule has 0 saturated heterocycles. The van der Waals surface area contributed by atoms with Gasteiger partial charge in [0, 0.05) is 34.7 Å². The average molecular weight is 711 g/mol. The molecule has 2 aromatic heterocycles. The molecule has 2 heterocycles. The van der Waals surface area contributed by atoms with Crippen molar-refractivity contribution in [2.75, 3.05) is 0 Å². The molecule has 0 radical (unpaired) electrons. The van der Waals surface area contributed by atoms with Crippen molar-refractivity contribution in [2.45, 2.75) is 50.6 Å². The van der Waals surface area contributed by atoms with Gasteiger partial charge in [0.2, 0.25) is 11.8 Å². The molecular formula is C30H30N8O9S2. The Kier molecular flexibility index (Phi) is 10.2. The van der Waals surface area contributed by atoms with Gasteiger partial charge < -0.3 is 21.7 Å². The van der Waals surface area contributed by atoms with Crippen molar-refractivity contribution in [1.29, 1.82) is 0 Å². The highest BCUT2D eigenvalue weighted by atomic mass is 32.2. The van der Waals surface area contributed by atoms with Crippen molar-refractivity contribution >= 4 is 57.3 Å². The first kappa shape index (κ1) is 36.2. The average Bonchev–Trinajstić information content (AvgIpc) is 3.00. The fraction of sp³-hybridized carbons (Fsp3) is 0.200. The molecule has 0 spiro atoms. The first-order chi connectivity index (χ1) is 22.9. The summed E-state index contributed by atoms with van der Waals surface area (Å²) < 4.78 is 36.8. The van der Waals surface area contributed by atoms with Crippen LogP contribution in [0.5, 0.6) is 11.8 Å². The van der Waals surface area contributed by atoms with Crippen LogP contribution in [0.15, 0.2) is 76.2 Å². The summed E-state index contributed by atoms with van der Waals surface area (Å²) in [5.74, 6) is -3.16. The van der Waals surface area contributed by atoms with Crippen LogP contribution in [0.2, 0.25) is 0 Å². The summed E-state index contributed by atoms with van der Waals surface area (Å²) in [5.41, 5.74) is 8.28. The van der Waals surface area contributed by atoms with Crippen molar-refractivity contribution in [1.82, 2.24) is 9.13 Å². The summed E-state index contributed by atoms with van der Waals surface area (Å²) >= 11 is 4.45. The Morgan fingerprint density at radius 3 is 1.53 bits per heavy atom. The van der Waals surface area contributed by atoms with Crippen molar-refractivity contribution in [3.05, 3.63) is 79.4 Å². The molecule has 0 aliphatic heterocycles. The Morgan fingerprint density at radius 1 is 0.755 bits per heavy atom. The quantitative estimate of drug-likeness (QED) is 0.0776. The van der Waals surface area contributed by atoms with E-state index in [0.29, 0.717) is 0 Å².